The predicted octanol–water partition coefficient (Wildman–Crippen LogP) is 4.16. The highest BCUT2D eigenvalue weighted by molar-refractivity contribution is 5.85. The van der Waals surface area contributed by atoms with E-state index >= 15 is 0 Å². The standard InChI is InChI=1S/C27H32N4O6/c1-27(2,3)37-26(35)29-22(18-8-6-5-7-9-18)15-20-14-21(24(31-30-20)23(33)16-32)17-10-12-19(13-11-17)28-25(34)36-4/h5-14,22-23,32-33H,15-16H2,1-4H3,(H,28,34)(H,29,35). The number of carbonyl (C=O) groups is 2. The van der Waals surface area contributed by atoms with Gasteiger partial charge in [-0.3, -0.25) is 5.32 Å². The molecule has 0 aliphatic heterocycles. The van der Waals surface area contributed by atoms with E-state index in [0.29, 0.717) is 28.9 Å². The number of hydrogen-bond donors (Lipinski definition) is 4. The molecule has 10 nitrogen and oxygen atoms in total. The molecule has 3 rings (SSSR count). The summed E-state index contributed by atoms with van der Waals surface area (Å²) in [5.41, 5.74) is 2.71. The van der Waals surface area contributed by atoms with Gasteiger partial charge in [0.05, 0.1) is 25.5 Å². The first-order valence-corrected chi connectivity index (χ1v) is 11.7. The first kappa shape index (κ1) is 27.6. The highest BCUT2D eigenvalue weighted by atomic mass is 16.6. The summed E-state index contributed by atoms with van der Waals surface area (Å²) in [6.45, 7) is 4.84. The van der Waals surface area contributed by atoms with Crippen LogP contribution in [0.3, 0.4) is 0 Å². The second kappa shape index (κ2) is 12.3. The molecule has 2 atom stereocenters. The van der Waals surface area contributed by atoms with Gasteiger partial charge < -0.3 is 25.0 Å². The molecule has 196 valence electrons. The minimum atomic E-state index is -1.24. The van der Waals surface area contributed by atoms with E-state index in [1.165, 1.54) is 7.11 Å². The summed E-state index contributed by atoms with van der Waals surface area (Å²) in [5.74, 6) is 0. The Hall–Kier alpha value is -4.02. The minimum Gasteiger partial charge on any atom is -0.453 e. The molecule has 0 aliphatic rings. The first-order chi connectivity index (χ1) is 17.6. The Morgan fingerprint density at radius 1 is 1.00 bits per heavy atom. The molecule has 0 radical (unpaired) electrons. The lowest BCUT2D eigenvalue weighted by Crippen LogP contribution is -2.36. The summed E-state index contributed by atoms with van der Waals surface area (Å²) < 4.78 is 10.1. The van der Waals surface area contributed by atoms with E-state index in [-0.39, 0.29) is 5.69 Å². The molecule has 0 bridgehead atoms. The smallest absolute Gasteiger partial charge is 0.411 e. The van der Waals surface area contributed by atoms with Crippen molar-refractivity contribution in [1.29, 1.82) is 0 Å². The fourth-order valence-electron chi connectivity index (χ4n) is 3.60. The Morgan fingerprint density at radius 3 is 2.27 bits per heavy atom. The average molecular weight is 509 g/mol. The molecule has 3 aromatic rings. The van der Waals surface area contributed by atoms with E-state index in [9.17, 15) is 19.8 Å². The maximum Gasteiger partial charge on any atom is 0.411 e. The van der Waals surface area contributed by atoms with E-state index in [2.05, 4.69) is 25.6 Å². The molecule has 1 heterocycles. The van der Waals surface area contributed by atoms with Crippen molar-refractivity contribution in [3.05, 3.63) is 77.6 Å². The third-order valence-electron chi connectivity index (χ3n) is 5.30. The van der Waals surface area contributed by atoms with Crippen LogP contribution in [0.4, 0.5) is 15.3 Å². The van der Waals surface area contributed by atoms with Gasteiger partial charge in [-0.25, -0.2) is 9.59 Å². The molecule has 0 aliphatic carbocycles. The van der Waals surface area contributed by atoms with E-state index < -0.39 is 36.5 Å². The molecular formula is C27H32N4O6. The van der Waals surface area contributed by atoms with Gasteiger partial charge in [-0.15, -0.1) is 0 Å². The number of aromatic nitrogens is 2. The number of anilines is 1. The molecule has 0 saturated carbocycles. The minimum absolute atomic E-state index is 0.205. The van der Waals surface area contributed by atoms with Gasteiger partial charge in [-0.2, -0.15) is 10.2 Å². The quantitative estimate of drug-likeness (QED) is 0.355. The number of aliphatic hydroxyl groups excluding tert-OH is 2. The van der Waals surface area contributed by atoms with Crippen LogP contribution in [0.5, 0.6) is 0 Å². The van der Waals surface area contributed by atoms with Crippen molar-refractivity contribution in [3.63, 3.8) is 0 Å². The third kappa shape index (κ3) is 7.99. The molecule has 2 unspecified atom stereocenters. The molecule has 2 amide bonds. The molecule has 1 aromatic heterocycles. The average Bonchev–Trinajstić information content (AvgIpc) is 2.87. The maximum atomic E-state index is 12.6. The van der Waals surface area contributed by atoms with Crippen molar-refractivity contribution in [3.8, 4) is 11.1 Å². The summed E-state index contributed by atoms with van der Waals surface area (Å²) in [4.78, 5) is 24.0. The SMILES string of the molecule is COC(=O)Nc1ccc(-c2cc(CC(NC(=O)OC(C)(C)C)c3ccccc3)nnc2C(O)CO)cc1. The van der Waals surface area contributed by atoms with Gasteiger partial charge >= 0.3 is 12.2 Å². The molecule has 4 N–H and O–H groups in total. The van der Waals surface area contributed by atoms with Gasteiger partial charge in [-0.05, 0) is 50.1 Å². The molecule has 10 heteroatoms. The van der Waals surface area contributed by atoms with Crippen molar-refractivity contribution in [2.45, 2.75) is 44.9 Å². The first-order valence-electron chi connectivity index (χ1n) is 11.7. The van der Waals surface area contributed by atoms with Crippen LogP contribution < -0.4 is 10.6 Å². The highest BCUT2D eigenvalue weighted by Crippen LogP contribution is 2.29. The fourth-order valence-corrected chi connectivity index (χ4v) is 3.60. The number of benzene rings is 2. The number of methoxy groups -OCH3 is 1. The van der Waals surface area contributed by atoms with Crippen molar-refractivity contribution >= 4 is 17.9 Å². The molecule has 2 aromatic carbocycles. The van der Waals surface area contributed by atoms with Crippen LogP contribution in [-0.4, -0.2) is 51.9 Å². The summed E-state index contributed by atoms with van der Waals surface area (Å²) in [7, 11) is 1.27. The summed E-state index contributed by atoms with van der Waals surface area (Å²) in [6, 6.07) is 17.6. The Labute approximate surface area is 215 Å². The lowest BCUT2D eigenvalue weighted by Gasteiger charge is -2.24. The van der Waals surface area contributed by atoms with E-state index in [4.69, 9.17) is 4.74 Å². The molecule has 0 saturated heterocycles. The number of hydrogen-bond acceptors (Lipinski definition) is 8. The number of aliphatic hydroxyl groups is 2. The molecule has 37 heavy (non-hydrogen) atoms. The Balaban J connectivity index is 1.94. The number of alkyl carbamates (subject to hydrolysis) is 1. The summed E-state index contributed by atoms with van der Waals surface area (Å²) in [6.07, 6.45) is -2.10. The van der Waals surface area contributed by atoms with E-state index in [1.807, 2.05) is 30.3 Å². The van der Waals surface area contributed by atoms with E-state index in [1.54, 1.807) is 51.1 Å². The van der Waals surface area contributed by atoms with Gasteiger partial charge in [0, 0.05) is 17.7 Å². The normalized spacial score (nSPS) is 12.8. The highest BCUT2D eigenvalue weighted by Gasteiger charge is 2.23. The summed E-state index contributed by atoms with van der Waals surface area (Å²) in [5, 5.41) is 33.8. The number of carbonyl (C=O) groups excluding carboxylic acids is 2. The monoisotopic (exact) mass is 508 g/mol. The van der Waals surface area contributed by atoms with Crippen LogP contribution >= 0.6 is 0 Å². The van der Waals surface area contributed by atoms with Crippen LogP contribution in [0, 0.1) is 0 Å². The number of nitrogens with one attached hydrogen (secondary N) is 2. The number of amides is 2. The Bertz CT molecular complexity index is 1200. The van der Waals surface area contributed by atoms with Gasteiger partial charge in [0.25, 0.3) is 0 Å². The lowest BCUT2D eigenvalue weighted by atomic mass is 9.97. The van der Waals surface area contributed by atoms with Crippen LogP contribution in [0.15, 0.2) is 60.7 Å². The predicted molar refractivity (Wildman–Crippen MR) is 138 cm³/mol. The largest absolute Gasteiger partial charge is 0.453 e. The third-order valence-corrected chi connectivity index (χ3v) is 5.30. The molecule has 0 spiro atoms. The van der Waals surface area contributed by atoms with Crippen LogP contribution in [0.1, 0.15) is 49.9 Å². The van der Waals surface area contributed by atoms with Crippen molar-refractivity contribution < 1.29 is 29.3 Å². The number of ether oxygens (including phenoxy) is 2. The van der Waals surface area contributed by atoms with Crippen LogP contribution in [0.25, 0.3) is 11.1 Å². The lowest BCUT2D eigenvalue weighted by molar-refractivity contribution is 0.0503. The van der Waals surface area contributed by atoms with Crippen molar-refractivity contribution in [2.75, 3.05) is 19.0 Å². The number of rotatable bonds is 8. The van der Waals surface area contributed by atoms with Gasteiger partial charge in [0.2, 0.25) is 0 Å². The topological polar surface area (TPSA) is 143 Å². The zero-order chi connectivity index (χ0) is 27.0. The second-order valence-electron chi connectivity index (χ2n) is 9.34. The Kier molecular flexibility index (Phi) is 9.15. The maximum absolute atomic E-state index is 12.6. The van der Waals surface area contributed by atoms with Crippen LogP contribution in [-0.2, 0) is 15.9 Å². The van der Waals surface area contributed by atoms with Gasteiger partial charge in [0.15, 0.2) is 0 Å². The van der Waals surface area contributed by atoms with Gasteiger partial charge in [-0.1, -0.05) is 42.5 Å². The fraction of sp³-hybridized carbons (Fsp3) is 0.333. The zero-order valence-corrected chi connectivity index (χ0v) is 21.3. The van der Waals surface area contributed by atoms with Crippen molar-refractivity contribution in [2.24, 2.45) is 0 Å². The summed E-state index contributed by atoms with van der Waals surface area (Å²) >= 11 is 0. The molecule has 0 fully saturated rings. The molecular weight excluding hydrogens is 476 g/mol. The van der Waals surface area contributed by atoms with Gasteiger partial charge in [0.1, 0.15) is 17.4 Å². The Morgan fingerprint density at radius 2 is 1.68 bits per heavy atom. The second-order valence-corrected chi connectivity index (χ2v) is 9.34. The van der Waals surface area contributed by atoms with Crippen LogP contribution in [0.2, 0.25) is 0 Å². The van der Waals surface area contributed by atoms with E-state index in [0.717, 1.165) is 5.56 Å². The number of nitrogens with zero attached hydrogens (tertiary/aromatic N) is 2. The zero-order valence-electron chi connectivity index (χ0n) is 21.3. The van der Waals surface area contributed by atoms with Crippen molar-refractivity contribution in [1.82, 2.24) is 15.5 Å².